The Bertz CT molecular complexity index is 323. The molecule has 3 heteroatoms. The summed E-state index contributed by atoms with van der Waals surface area (Å²) < 4.78 is 0. The lowest BCUT2D eigenvalue weighted by molar-refractivity contribution is 0.438. The number of piperidine rings is 1. The summed E-state index contributed by atoms with van der Waals surface area (Å²) in [6, 6.07) is 5.76. The third-order valence-corrected chi connectivity index (χ3v) is 3.43. The second-order valence-electron chi connectivity index (χ2n) is 4.30. The molecule has 0 amide bonds. The highest BCUT2D eigenvalue weighted by Gasteiger charge is 2.16. The average molecular weight is 244 g/mol. The topological polar surface area (TPSA) is 3.24 Å². The highest BCUT2D eigenvalue weighted by Crippen LogP contribution is 2.28. The summed E-state index contributed by atoms with van der Waals surface area (Å²) in [6.07, 6.45) is 2.51. The van der Waals surface area contributed by atoms with E-state index in [0.717, 1.165) is 34.7 Å². The Kier molecular flexibility index (Phi) is 3.42. The zero-order valence-corrected chi connectivity index (χ0v) is 10.4. The van der Waals surface area contributed by atoms with E-state index in [-0.39, 0.29) is 0 Å². The lowest BCUT2D eigenvalue weighted by atomic mass is 9.99. The van der Waals surface area contributed by atoms with Crippen molar-refractivity contribution in [3.63, 3.8) is 0 Å². The van der Waals surface area contributed by atoms with Crippen LogP contribution in [0.15, 0.2) is 18.2 Å². The summed E-state index contributed by atoms with van der Waals surface area (Å²) in [5.41, 5.74) is 1.15. The largest absolute Gasteiger partial charge is 0.371 e. The lowest BCUT2D eigenvalue weighted by Crippen LogP contribution is -2.32. The molecule has 0 aliphatic carbocycles. The van der Waals surface area contributed by atoms with Gasteiger partial charge in [-0.2, -0.15) is 0 Å². The van der Waals surface area contributed by atoms with Crippen molar-refractivity contribution in [2.75, 3.05) is 18.0 Å². The maximum atomic E-state index is 5.99. The minimum atomic E-state index is 0.719. The normalized spacial score (nSPS) is 18.2. The number of anilines is 1. The number of benzene rings is 1. The Labute approximate surface area is 101 Å². The van der Waals surface area contributed by atoms with Crippen molar-refractivity contribution < 1.29 is 0 Å². The molecule has 1 fully saturated rings. The first-order valence-electron chi connectivity index (χ1n) is 5.36. The fourth-order valence-electron chi connectivity index (χ4n) is 1.99. The van der Waals surface area contributed by atoms with Gasteiger partial charge in [-0.3, -0.25) is 0 Å². The second-order valence-corrected chi connectivity index (χ2v) is 5.17. The first kappa shape index (κ1) is 11.1. The second kappa shape index (κ2) is 4.63. The van der Waals surface area contributed by atoms with Crippen LogP contribution in [0.5, 0.6) is 0 Å². The molecule has 1 aromatic carbocycles. The van der Waals surface area contributed by atoms with Crippen LogP contribution >= 0.6 is 23.2 Å². The Balaban J connectivity index is 2.15. The molecule has 15 heavy (non-hydrogen) atoms. The molecule has 1 heterocycles. The molecule has 0 bridgehead atoms. The molecule has 1 nitrogen and oxygen atoms in total. The van der Waals surface area contributed by atoms with Crippen molar-refractivity contribution >= 4 is 28.9 Å². The van der Waals surface area contributed by atoms with Gasteiger partial charge in [0.1, 0.15) is 0 Å². The summed E-state index contributed by atoms with van der Waals surface area (Å²) in [4.78, 5) is 2.36. The van der Waals surface area contributed by atoms with Crippen LogP contribution in [0.1, 0.15) is 19.8 Å². The van der Waals surface area contributed by atoms with Crippen molar-refractivity contribution in [2.24, 2.45) is 5.92 Å². The van der Waals surface area contributed by atoms with Gasteiger partial charge < -0.3 is 4.90 Å². The number of rotatable bonds is 1. The highest BCUT2D eigenvalue weighted by molar-refractivity contribution is 6.35. The molecule has 0 atom stereocenters. The summed E-state index contributed by atoms with van der Waals surface area (Å²) >= 11 is 12.0. The van der Waals surface area contributed by atoms with Crippen LogP contribution in [-0.4, -0.2) is 13.1 Å². The van der Waals surface area contributed by atoms with Crippen LogP contribution in [0.25, 0.3) is 0 Å². The van der Waals surface area contributed by atoms with Gasteiger partial charge in [-0.15, -0.1) is 0 Å². The first-order chi connectivity index (χ1) is 7.15. The van der Waals surface area contributed by atoms with Crippen LogP contribution in [0.4, 0.5) is 5.69 Å². The summed E-state index contributed by atoms with van der Waals surface area (Å²) in [7, 11) is 0. The molecular weight excluding hydrogens is 229 g/mol. The minimum absolute atomic E-state index is 0.719. The fraction of sp³-hybridized carbons (Fsp3) is 0.500. The van der Waals surface area contributed by atoms with E-state index in [1.54, 1.807) is 6.07 Å². The van der Waals surface area contributed by atoms with E-state index in [0.29, 0.717) is 0 Å². The zero-order valence-electron chi connectivity index (χ0n) is 8.84. The molecule has 0 spiro atoms. The molecular formula is C12H15Cl2N. The standard InChI is InChI=1S/C12H15Cl2N/c1-9-2-4-15(5-3-9)12-7-10(13)6-11(14)8-12/h6-9H,2-5H2,1H3. The average Bonchev–Trinajstić information content (AvgIpc) is 2.17. The zero-order chi connectivity index (χ0) is 10.8. The van der Waals surface area contributed by atoms with Gasteiger partial charge in [0.2, 0.25) is 0 Å². The van der Waals surface area contributed by atoms with Crippen molar-refractivity contribution in [2.45, 2.75) is 19.8 Å². The van der Waals surface area contributed by atoms with Crippen LogP contribution in [-0.2, 0) is 0 Å². The van der Waals surface area contributed by atoms with Gasteiger partial charge in [0.25, 0.3) is 0 Å². The summed E-state index contributed by atoms with van der Waals surface area (Å²) in [6.45, 7) is 4.53. The van der Waals surface area contributed by atoms with Crippen LogP contribution in [0.2, 0.25) is 10.0 Å². The van der Waals surface area contributed by atoms with E-state index < -0.39 is 0 Å². The van der Waals surface area contributed by atoms with Gasteiger partial charge in [0.05, 0.1) is 0 Å². The first-order valence-corrected chi connectivity index (χ1v) is 6.12. The number of hydrogen-bond acceptors (Lipinski definition) is 1. The lowest BCUT2D eigenvalue weighted by Gasteiger charge is -2.32. The molecule has 1 aromatic rings. The van der Waals surface area contributed by atoms with Gasteiger partial charge >= 0.3 is 0 Å². The molecule has 0 unspecified atom stereocenters. The molecule has 1 aliphatic rings. The minimum Gasteiger partial charge on any atom is -0.371 e. The SMILES string of the molecule is CC1CCN(c2cc(Cl)cc(Cl)c2)CC1. The smallest absolute Gasteiger partial charge is 0.0441 e. The predicted octanol–water partition coefficient (Wildman–Crippen LogP) is 4.23. The maximum absolute atomic E-state index is 5.99. The van der Waals surface area contributed by atoms with Gasteiger partial charge in [-0.1, -0.05) is 30.1 Å². The molecule has 82 valence electrons. The van der Waals surface area contributed by atoms with E-state index in [9.17, 15) is 0 Å². The Morgan fingerprint density at radius 2 is 1.60 bits per heavy atom. The number of halogens is 2. The van der Waals surface area contributed by atoms with Crippen molar-refractivity contribution in [1.82, 2.24) is 0 Å². The molecule has 0 N–H and O–H groups in total. The molecule has 2 rings (SSSR count). The molecule has 1 saturated heterocycles. The van der Waals surface area contributed by atoms with Gasteiger partial charge in [-0.05, 0) is 37.0 Å². The van der Waals surface area contributed by atoms with Gasteiger partial charge in [0, 0.05) is 28.8 Å². The molecule has 0 saturated carbocycles. The summed E-state index contributed by atoms with van der Waals surface area (Å²) in [5.74, 6) is 0.843. The van der Waals surface area contributed by atoms with Crippen molar-refractivity contribution in [3.8, 4) is 0 Å². The monoisotopic (exact) mass is 243 g/mol. The highest BCUT2D eigenvalue weighted by atomic mass is 35.5. The van der Waals surface area contributed by atoms with Crippen molar-refractivity contribution in [3.05, 3.63) is 28.2 Å². The fourth-order valence-corrected chi connectivity index (χ4v) is 2.50. The van der Waals surface area contributed by atoms with Crippen LogP contribution in [0, 0.1) is 5.92 Å². The van der Waals surface area contributed by atoms with E-state index in [1.807, 2.05) is 12.1 Å². The van der Waals surface area contributed by atoms with Gasteiger partial charge in [0.15, 0.2) is 0 Å². The number of nitrogens with zero attached hydrogens (tertiary/aromatic N) is 1. The van der Waals surface area contributed by atoms with Crippen LogP contribution < -0.4 is 4.90 Å². The third kappa shape index (κ3) is 2.79. The maximum Gasteiger partial charge on any atom is 0.0441 e. The van der Waals surface area contributed by atoms with Crippen molar-refractivity contribution in [1.29, 1.82) is 0 Å². The molecule has 1 aliphatic heterocycles. The quantitative estimate of drug-likeness (QED) is 0.714. The van der Waals surface area contributed by atoms with E-state index in [2.05, 4.69) is 11.8 Å². The number of hydrogen-bond donors (Lipinski definition) is 0. The van der Waals surface area contributed by atoms with E-state index in [1.165, 1.54) is 12.8 Å². The Morgan fingerprint density at radius 1 is 1.07 bits per heavy atom. The summed E-state index contributed by atoms with van der Waals surface area (Å²) in [5, 5.41) is 1.44. The molecule has 0 aromatic heterocycles. The molecule has 0 radical (unpaired) electrons. The third-order valence-electron chi connectivity index (χ3n) is 3.00. The van der Waals surface area contributed by atoms with E-state index >= 15 is 0 Å². The van der Waals surface area contributed by atoms with E-state index in [4.69, 9.17) is 23.2 Å². The van der Waals surface area contributed by atoms with Gasteiger partial charge in [-0.25, -0.2) is 0 Å². The Morgan fingerprint density at radius 3 is 2.13 bits per heavy atom. The predicted molar refractivity (Wildman–Crippen MR) is 67.1 cm³/mol. The van der Waals surface area contributed by atoms with Crippen LogP contribution in [0.3, 0.4) is 0 Å². The Hall–Kier alpha value is -0.400.